The Morgan fingerprint density at radius 3 is 2.82 bits per heavy atom. The van der Waals surface area contributed by atoms with Crippen molar-refractivity contribution in [2.45, 2.75) is 18.7 Å². The summed E-state index contributed by atoms with van der Waals surface area (Å²) in [4.78, 5) is 11.4. The molecule has 1 fully saturated rings. The van der Waals surface area contributed by atoms with Gasteiger partial charge in [-0.05, 0) is 18.6 Å². The molecular weight excluding hydrogens is 301 g/mol. The maximum absolute atomic E-state index is 13.0. The Labute approximate surface area is 125 Å². The number of ether oxygens (including phenoxy) is 1. The number of benzene rings is 1. The number of alkyl halides is 3. The van der Waals surface area contributed by atoms with Gasteiger partial charge in [-0.1, -0.05) is 6.08 Å². The number of nitro benzene ring substituents is 1. The fraction of sp³-hybridized carbons (Fsp3) is 0.429. The molecule has 0 saturated carbocycles. The Kier molecular flexibility index (Phi) is 4.70. The summed E-state index contributed by atoms with van der Waals surface area (Å²) >= 11 is 0. The highest BCUT2D eigenvalue weighted by Crippen LogP contribution is 2.38. The fourth-order valence-electron chi connectivity index (χ4n) is 2.41. The molecule has 0 bridgehead atoms. The first-order valence-corrected chi connectivity index (χ1v) is 6.66. The lowest BCUT2D eigenvalue weighted by molar-refractivity contribution is -0.388. The number of hydrogen-bond acceptors (Lipinski definition) is 4. The van der Waals surface area contributed by atoms with Gasteiger partial charge in [-0.15, -0.1) is 6.58 Å². The quantitative estimate of drug-likeness (QED) is 0.475. The minimum absolute atomic E-state index is 0.0810. The van der Waals surface area contributed by atoms with Crippen LogP contribution in [-0.4, -0.2) is 30.7 Å². The topological polar surface area (TPSA) is 55.6 Å². The Hall–Kier alpha value is -2.09. The van der Waals surface area contributed by atoms with Crippen molar-refractivity contribution in [2.75, 3.05) is 24.6 Å². The van der Waals surface area contributed by atoms with E-state index in [1.165, 1.54) is 6.07 Å². The second-order valence-corrected chi connectivity index (χ2v) is 4.94. The first-order chi connectivity index (χ1) is 10.3. The molecule has 120 valence electrons. The van der Waals surface area contributed by atoms with Gasteiger partial charge in [-0.25, -0.2) is 0 Å². The molecule has 1 heterocycles. The highest BCUT2D eigenvalue weighted by atomic mass is 19.4. The molecule has 5 nitrogen and oxygen atoms in total. The molecular formula is C14H15F3N2O3. The van der Waals surface area contributed by atoms with Gasteiger partial charge in [0.15, 0.2) is 0 Å². The number of hydrogen-bond donors (Lipinski definition) is 0. The van der Waals surface area contributed by atoms with Crippen LogP contribution in [-0.2, 0) is 10.9 Å². The van der Waals surface area contributed by atoms with Crippen LogP contribution in [0.25, 0.3) is 0 Å². The third-order valence-electron chi connectivity index (χ3n) is 3.44. The highest BCUT2D eigenvalue weighted by molar-refractivity contribution is 5.57. The number of nitro groups is 1. The molecule has 0 N–H and O–H groups in total. The molecule has 1 aromatic carbocycles. The molecule has 0 aliphatic carbocycles. The fourth-order valence-corrected chi connectivity index (χ4v) is 2.41. The van der Waals surface area contributed by atoms with Gasteiger partial charge in [-0.3, -0.25) is 10.1 Å². The highest BCUT2D eigenvalue weighted by Gasteiger charge is 2.39. The largest absolute Gasteiger partial charge is 0.423 e. The van der Waals surface area contributed by atoms with Gasteiger partial charge >= 0.3 is 6.18 Å². The maximum Gasteiger partial charge on any atom is 0.423 e. The monoisotopic (exact) mass is 316 g/mol. The Morgan fingerprint density at radius 1 is 1.50 bits per heavy atom. The first kappa shape index (κ1) is 16.3. The van der Waals surface area contributed by atoms with Crippen molar-refractivity contribution in [3.8, 4) is 0 Å². The Balaban J connectivity index is 2.23. The van der Waals surface area contributed by atoms with E-state index in [1.54, 1.807) is 11.0 Å². The second kappa shape index (κ2) is 6.35. The van der Waals surface area contributed by atoms with E-state index in [2.05, 4.69) is 6.58 Å². The summed E-state index contributed by atoms with van der Waals surface area (Å²) in [7, 11) is 0. The van der Waals surface area contributed by atoms with Crippen molar-refractivity contribution in [3.63, 3.8) is 0 Å². The van der Waals surface area contributed by atoms with E-state index in [9.17, 15) is 23.3 Å². The van der Waals surface area contributed by atoms with Gasteiger partial charge in [-0.2, -0.15) is 13.2 Å². The van der Waals surface area contributed by atoms with Crippen LogP contribution in [0.4, 0.5) is 24.5 Å². The zero-order valence-electron chi connectivity index (χ0n) is 11.7. The predicted octanol–water partition coefficient (Wildman–Crippen LogP) is 3.39. The molecule has 2 rings (SSSR count). The average Bonchev–Trinajstić information content (AvgIpc) is 2.92. The third kappa shape index (κ3) is 3.56. The lowest BCUT2D eigenvalue weighted by Gasteiger charge is -2.20. The molecule has 1 aliphatic heterocycles. The Morgan fingerprint density at radius 2 is 2.23 bits per heavy atom. The molecule has 0 radical (unpaired) electrons. The van der Waals surface area contributed by atoms with E-state index in [4.69, 9.17) is 4.74 Å². The number of nitrogens with zero attached hydrogens (tertiary/aromatic N) is 2. The van der Waals surface area contributed by atoms with Crippen molar-refractivity contribution in [1.82, 2.24) is 0 Å². The molecule has 0 amide bonds. The van der Waals surface area contributed by atoms with Gasteiger partial charge < -0.3 is 9.64 Å². The smallest absolute Gasteiger partial charge is 0.372 e. The first-order valence-electron chi connectivity index (χ1n) is 6.66. The summed E-state index contributed by atoms with van der Waals surface area (Å²) in [6, 6.07) is 3.06. The van der Waals surface area contributed by atoms with Crippen molar-refractivity contribution in [3.05, 3.63) is 46.5 Å². The third-order valence-corrected chi connectivity index (χ3v) is 3.44. The van der Waals surface area contributed by atoms with E-state index in [1.807, 2.05) is 0 Å². The lowest BCUT2D eigenvalue weighted by Crippen LogP contribution is -2.23. The SMILES string of the molecule is C=CCOC1CCN(c2ccc([N+](=O)[O-])c(C(F)(F)F)c2)C1. The summed E-state index contributed by atoms with van der Waals surface area (Å²) in [6.45, 7) is 4.90. The molecule has 1 saturated heterocycles. The van der Waals surface area contributed by atoms with Crippen molar-refractivity contribution >= 4 is 11.4 Å². The number of rotatable bonds is 5. The summed E-state index contributed by atoms with van der Waals surface area (Å²) < 4.78 is 44.4. The molecule has 0 aromatic heterocycles. The number of halogens is 3. The molecule has 1 atom stereocenters. The van der Waals surface area contributed by atoms with Crippen LogP contribution < -0.4 is 4.90 Å². The van der Waals surface area contributed by atoms with Crippen molar-refractivity contribution < 1.29 is 22.8 Å². The van der Waals surface area contributed by atoms with Gasteiger partial charge in [0.25, 0.3) is 5.69 Å². The van der Waals surface area contributed by atoms with E-state index in [-0.39, 0.29) is 6.10 Å². The van der Waals surface area contributed by atoms with Gasteiger partial charge in [0.1, 0.15) is 5.56 Å². The van der Waals surface area contributed by atoms with Gasteiger partial charge in [0.05, 0.1) is 17.6 Å². The molecule has 8 heteroatoms. The van der Waals surface area contributed by atoms with Crippen LogP contribution in [0.5, 0.6) is 0 Å². The minimum Gasteiger partial charge on any atom is -0.372 e. The van der Waals surface area contributed by atoms with Crippen LogP contribution in [0.3, 0.4) is 0 Å². The minimum atomic E-state index is -4.77. The molecule has 1 unspecified atom stereocenters. The summed E-state index contributed by atoms with van der Waals surface area (Å²) in [5, 5.41) is 10.7. The van der Waals surface area contributed by atoms with Crippen molar-refractivity contribution in [1.29, 1.82) is 0 Å². The standard InChI is InChI=1S/C14H15F3N2O3/c1-2-7-22-11-5-6-18(9-11)10-3-4-13(19(20)21)12(8-10)14(15,16)17/h2-4,8,11H,1,5-7,9H2. The average molecular weight is 316 g/mol. The zero-order chi connectivity index (χ0) is 16.3. The van der Waals surface area contributed by atoms with Crippen LogP contribution in [0, 0.1) is 10.1 Å². The van der Waals surface area contributed by atoms with Crippen LogP contribution in [0.1, 0.15) is 12.0 Å². The van der Waals surface area contributed by atoms with E-state index in [0.29, 0.717) is 31.8 Å². The second-order valence-electron chi connectivity index (χ2n) is 4.94. The van der Waals surface area contributed by atoms with Crippen molar-refractivity contribution in [2.24, 2.45) is 0 Å². The predicted molar refractivity (Wildman–Crippen MR) is 74.9 cm³/mol. The van der Waals surface area contributed by atoms with E-state index >= 15 is 0 Å². The molecule has 22 heavy (non-hydrogen) atoms. The summed E-state index contributed by atoms with van der Waals surface area (Å²) in [5.41, 5.74) is -1.86. The molecule has 1 aliphatic rings. The molecule has 1 aromatic rings. The lowest BCUT2D eigenvalue weighted by atomic mass is 10.1. The number of anilines is 1. The van der Waals surface area contributed by atoms with E-state index < -0.39 is 22.4 Å². The van der Waals surface area contributed by atoms with Gasteiger partial charge in [0.2, 0.25) is 0 Å². The maximum atomic E-state index is 13.0. The zero-order valence-corrected chi connectivity index (χ0v) is 11.7. The van der Waals surface area contributed by atoms with Crippen LogP contribution in [0.2, 0.25) is 0 Å². The van der Waals surface area contributed by atoms with E-state index in [0.717, 1.165) is 12.1 Å². The summed E-state index contributed by atoms with van der Waals surface area (Å²) in [6.07, 6.45) is -2.55. The molecule has 0 spiro atoms. The normalized spacial score (nSPS) is 18.5. The summed E-state index contributed by atoms with van der Waals surface area (Å²) in [5.74, 6) is 0. The van der Waals surface area contributed by atoms with Crippen LogP contribution >= 0.6 is 0 Å². The Bertz CT molecular complexity index is 575. The van der Waals surface area contributed by atoms with Crippen LogP contribution in [0.15, 0.2) is 30.9 Å². The van der Waals surface area contributed by atoms with Gasteiger partial charge in [0, 0.05) is 24.8 Å².